The first-order chi connectivity index (χ1) is 8.65. The van der Waals surface area contributed by atoms with Gasteiger partial charge in [0.15, 0.2) is 0 Å². The standard InChI is InChI=1S/C13H12Cl3NS/c1-2-17-12(13-10(16)6-7-18-13)11-8(14)4-3-5-9(11)15/h3-7,12,17H,2H2,1H3. The normalized spacial score (nSPS) is 12.7. The highest BCUT2D eigenvalue weighted by molar-refractivity contribution is 7.10. The Balaban J connectivity index is 2.52. The van der Waals surface area contributed by atoms with E-state index < -0.39 is 0 Å². The Hall–Kier alpha value is -0.250. The van der Waals surface area contributed by atoms with Gasteiger partial charge < -0.3 is 5.32 Å². The van der Waals surface area contributed by atoms with Crippen molar-refractivity contribution >= 4 is 46.1 Å². The molecule has 0 aliphatic heterocycles. The van der Waals surface area contributed by atoms with Gasteiger partial charge in [-0.05, 0) is 30.1 Å². The highest BCUT2D eigenvalue weighted by atomic mass is 35.5. The molecule has 96 valence electrons. The van der Waals surface area contributed by atoms with Gasteiger partial charge in [-0.3, -0.25) is 0 Å². The average molecular weight is 321 g/mol. The molecule has 0 radical (unpaired) electrons. The Labute approximate surface area is 126 Å². The molecule has 2 aromatic rings. The Morgan fingerprint density at radius 3 is 2.28 bits per heavy atom. The third kappa shape index (κ3) is 2.84. The van der Waals surface area contributed by atoms with Crippen molar-refractivity contribution in [2.75, 3.05) is 6.54 Å². The van der Waals surface area contributed by atoms with Gasteiger partial charge in [0.05, 0.1) is 11.1 Å². The maximum Gasteiger partial charge on any atom is 0.0715 e. The molecule has 2 rings (SSSR count). The van der Waals surface area contributed by atoms with Crippen LogP contribution in [0.25, 0.3) is 0 Å². The Kier molecular flexibility index (Phi) is 4.93. The van der Waals surface area contributed by atoms with Gasteiger partial charge >= 0.3 is 0 Å². The fraction of sp³-hybridized carbons (Fsp3) is 0.231. The number of nitrogens with one attached hydrogen (secondary N) is 1. The molecule has 0 fully saturated rings. The van der Waals surface area contributed by atoms with Crippen molar-refractivity contribution in [3.8, 4) is 0 Å². The highest BCUT2D eigenvalue weighted by Gasteiger charge is 2.22. The number of hydrogen-bond donors (Lipinski definition) is 1. The van der Waals surface area contributed by atoms with E-state index >= 15 is 0 Å². The van der Waals surface area contributed by atoms with E-state index in [9.17, 15) is 0 Å². The van der Waals surface area contributed by atoms with Crippen LogP contribution >= 0.6 is 46.1 Å². The fourth-order valence-corrected chi connectivity index (χ4v) is 3.69. The van der Waals surface area contributed by atoms with E-state index in [-0.39, 0.29) is 6.04 Å². The zero-order valence-corrected chi connectivity index (χ0v) is 12.8. The topological polar surface area (TPSA) is 12.0 Å². The van der Waals surface area contributed by atoms with Gasteiger partial charge in [-0.2, -0.15) is 0 Å². The third-order valence-corrected chi connectivity index (χ3v) is 4.69. The van der Waals surface area contributed by atoms with Crippen LogP contribution in [0.1, 0.15) is 23.4 Å². The summed E-state index contributed by atoms with van der Waals surface area (Å²) >= 11 is 20.3. The summed E-state index contributed by atoms with van der Waals surface area (Å²) in [6.07, 6.45) is 0. The van der Waals surface area contributed by atoms with E-state index in [2.05, 4.69) is 5.32 Å². The molecule has 1 atom stereocenters. The maximum atomic E-state index is 6.27. The molecule has 0 saturated heterocycles. The second-order valence-corrected chi connectivity index (χ2v) is 5.93. The minimum atomic E-state index is -0.0660. The minimum absolute atomic E-state index is 0.0660. The van der Waals surface area contributed by atoms with Gasteiger partial charge in [0, 0.05) is 20.5 Å². The predicted molar refractivity (Wildman–Crippen MR) is 81.3 cm³/mol. The van der Waals surface area contributed by atoms with Crippen molar-refractivity contribution in [2.45, 2.75) is 13.0 Å². The molecule has 1 aromatic carbocycles. The zero-order valence-electron chi connectivity index (χ0n) is 9.71. The van der Waals surface area contributed by atoms with E-state index in [1.54, 1.807) is 11.3 Å². The van der Waals surface area contributed by atoms with Crippen molar-refractivity contribution < 1.29 is 0 Å². The molecular formula is C13H12Cl3NS. The van der Waals surface area contributed by atoms with Gasteiger partial charge in [-0.15, -0.1) is 11.3 Å². The molecule has 1 N–H and O–H groups in total. The Morgan fingerprint density at radius 2 is 1.78 bits per heavy atom. The Morgan fingerprint density at radius 1 is 1.11 bits per heavy atom. The monoisotopic (exact) mass is 319 g/mol. The zero-order chi connectivity index (χ0) is 13.1. The van der Waals surface area contributed by atoms with E-state index in [0.717, 1.165) is 22.0 Å². The quantitative estimate of drug-likeness (QED) is 0.794. The van der Waals surface area contributed by atoms with Crippen LogP contribution in [0.3, 0.4) is 0 Å². The van der Waals surface area contributed by atoms with Gasteiger partial charge in [-0.1, -0.05) is 47.8 Å². The molecule has 0 aliphatic carbocycles. The number of halogens is 3. The van der Waals surface area contributed by atoms with Crippen LogP contribution in [0.2, 0.25) is 15.1 Å². The molecule has 0 saturated carbocycles. The van der Waals surface area contributed by atoms with Gasteiger partial charge in [0.2, 0.25) is 0 Å². The molecule has 1 unspecified atom stereocenters. The minimum Gasteiger partial charge on any atom is -0.306 e. The first kappa shape index (κ1) is 14.2. The largest absolute Gasteiger partial charge is 0.306 e. The summed E-state index contributed by atoms with van der Waals surface area (Å²) in [6.45, 7) is 2.85. The van der Waals surface area contributed by atoms with E-state index in [1.165, 1.54) is 0 Å². The first-order valence-corrected chi connectivity index (χ1v) is 7.56. The number of thiophene rings is 1. The molecule has 1 aromatic heterocycles. The molecule has 0 spiro atoms. The maximum absolute atomic E-state index is 6.27. The number of benzene rings is 1. The smallest absolute Gasteiger partial charge is 0.0715 e. The van der Waals surface area contributed by atoms with Crippen LogP contribution in [0, 0.1) is 0 Å². The lowest BCUT2D eigenvalue weighted by atomic mass is 10.1. The predicted octanol–water partition coefficient (Wildman–Crippen LogP) is 5.41. The van der Waals surface area contributed by atoms with E-state index in [4.69, 9.17) is 34.8 Å². The molecule has 0 amide bonds. The number of rotatable bonds is 4. The van der Waals surface area contributed by atoms with Crippen molar-refractivity contribution in [2.24, 2.45) is 0 Å². The van der Waals surface area contributed by atoms with E-state index in [1.807, 2.05) is 36.6 Å². The molecule has 5 heteroatoms. The summed E-state index contributed by atoms with van der Waals surface area (Å²) in [5.41, 5.74) is 0.882. The van der Waals surface area contributed by atoms with Gasteiger partial charge in [-0.25, -0.2) is 0 Å². The summed E-state index contributed by atoms with van der Waals surface area (Å²) in [5.74, 6) is 0. The summed E-state index contributed by atoms with van der Waals surface area (Å²) in [6, 6.07) is 7.34. The van der Waals surface area contributed by atoms with Crippen molar-refractivity contribution in [3.63, 3.8) is 0 Å². The average Bonchev–Trinajstić information content (AvgIpc) is 2.74. The molecule has 1 nitrogen and oxygen atoms in total. The van der Waals surface area contributed by atoms with Gasteiger partial charge in [0.1, 0.15) is 0 Å². The van der Waals surface area contributed by atoms with E-state index in [0.29, 0.717) is 10.0 Å². The number of hydrogen-bond acceptors (Lipinski definition) is 2. The van der Waals surface area contributed by atoms with Crippen LogP contribution in [0.15, 0.2) is 29.6 Å². The molecule has 0 aliphatic rings. The second-order valence-electron chi connectivity index (χ2n) is 3.76. The highest BCUT2D eigenvalue weighted by Crippen LogP contribution is 2.39. The van der Waals surface area contributed by atoms with Crippen LogP contribution in [0.5, 0.6) is 0 Å². The van der Waals surface area contributed by atoms with Crippen molar-refractivity contribution in [1.29, 1.82) is 0 Å². The van der Waals surface area contributed by atoms with Crippen LogP contribution in [-0.2, 0) is 0 Å². The lowest BCUT2D eigenvalue weighted by Gasteiger charge is -2.20. The van der Waals surface area contributed by atoms with Gasteiger partial charge in [0.25, 0.3) is 0 Å². The molecule has 18 heavy (non-hydrogen) atoms. The van der Waals surface area contributed by atoms with Crippen LogP contribution in [-0.4, -0.2) is 6.54 Å². The summed E-state index contributed by atoms with van der Waals surface area (Å²) < 4.78 is 0. The molecule has 1 heterocycles. The van der Waals surface area contributed by atoms with Crippen molar-refractivity contribution in [3.05, 3.63) is 55.2 Å². The molecule has 0 bridgehead atoms. The lowest BCUT2D eigenvalue weighted by molar-refractivity contribution is 0.640. The summed E-state index contributed by atoms with van der Waals surface area (Å²) in [5, 5.41) is 7.39. The first-order valence-electron chi connectivity index (χ1n) is 5.55. The summed E-state index contributed by atoms with van der Waals surface area (Å²) in [7, 11) is 0. The Bertz CT molecular complexity index is 519. The van der Waals surface area contributed by atoms with Crippen LogP contribution in [0.4, 0.5) is 0 Å². The lowest BCUT2D eigenvalue weighted by Crippen LogP contribution is -2.22. The third-order valence-electron chi connectivity index (χ3n) is 2.60. The second kappa shape index (κ2) is 6.27. The van der Waals surface area contributed by atoms with Crippen LogP contribution < -0.4 is 5.32 Å². The van der Waals surface area contributed by atoms with Crippen molar-refractivity contribution in [1.82, 2.24) is 5.32 Å². The fourth-order valence-electron chi connectivity index (χ4n) is 1.83. The summed E-state index contributed by atoms with van der Waals surface area (Å²) in [4.78, 5) is 1.04. The molecular weight excluding hydrogens is 309 g/mol. The SMILES string of the molecule is CCNC(c1sccc1Cl)c1c(Cl)cccc1Cl.